The fraction of sp³-hybridized carbons (Fsp3) is 0.273. The maximum atomic E-state index is 3.51. The molecule has 76 valence electrons. The molecule has 0 amide bonds. The van der Waals surface area contributed by atoms with Gasteiger partial charge in [0.2, 0.25) is 0 Å². The molecule has 0 aliphatic rings. The summed E-state index contributed by atoms with van der Waals surface area (Å²) in [5, 5.41) is 3.11. The third-order valence-electron chi connectivity index (χ3n) is 1.82. The predicted octanol–water partition coefficient (Wildman–Crippen LogP) is 3.83. The largest absolute Gasteiger partial charge is 0.319 e. The minimum absolute atomic E-state index is 1.02. The van der Waals surface area contributed by atoms with Crippen LogP contribution in [0.2, 0.25) is 0 Å². The molecule has 1 aromatic carbocycles. The first-order valence-corrected chi connectivity index (χ1v) is 6.09. The van der Waals surface area contributed by atoms with Gasteiger partial charge >= 0.3 is 0 Å². The van der Waals surface area contributed by atoms with Crippen molar-refractivity contribution in [2.75, 3.05) is 13.6 Å². The van der Waals surface area contributed by atoms with Crippen LogP contribution in [0.4, 0.5) is 0 Å². The van der Waals surface area contributed by atoms with E-state index >= 15 is 0 Å². The van der Waals surface area contributed by atoms with Gasteiger partial charge in [-0.1, -0.05) is 44.0 Å². The molecule has 1 nitrogen and oxygen atoms in total. The molecule has 1 rings (SSSR count). The number of hydrogen-bond acceptors (Lipinski definition) is 1. The monoisotopic (exact) mass is 317 g/mol. The molecule has 0 saturated carbocycles. The van der Waals surface area contributed by atoms with Crippen molar-refractivity contribution in [2.24, 2.45) is 0 Å². The van der Waals surface area contributed by atoms with E-state index in [1.54, 1.807) is 0 Å². The van der Waals surface area contributed by atoms with Crippen LogP contribution in [0, 0.1) is 0 Å². The molecule has 0 aliphatic carbocycles. The molecular formula is C11H13Br2N. The Morgan fingerprint density at radius 2 is 2.14 bits per heavy atom. The molecule has 1 aromatic rings. The topological polar surface area (TPSA) is 12.0 Å². The van der Waals surface area contributed by atoms with Crippen molar-refractivity contribution >= 4 is 37.9 Å². The van der Waals surface area contributed by atoms with Crippen LogP contribution in [-0.4, -0.2) is 13.6 Å². The highest BCUT2D eigenvalue weighted by molar-refractivity contribution is 9.11. The lowest BCUT2D eigenvalue weighted by atomic mass is 10.2. The van der Waals surface area contributed by atoms with Crippen molar-refractivity contribution in [2.45, 2.75) is 6.42 Å². The average Bonchev–Trinajstić information content (AvgIpc) is 2.18. The van der Waals surface area contributed by atoms with Gasteiger partial charge in [-0.25, -0.2) is 0 Å². The maximum Gasteiger partial charge on any atom is 0.0248 e. The van der Waals surface area contributed by atoms with Crippen LogP contribution in [0.5, 0.6) is 0 Å². The van der Waals surface area contributed by atoms with Gasteiger partial charge in [0.05, 0.1) is 0 Å². The Labute approximate surface area is 102 Å². The van der Waals surface area contributed by atoms with E-state index in [1.165, 1.54) is 5.56 Å². The van der Waals surface area contributed by atoms with Gasteiger partial charge in [-0.3, -0.25) is 0 Å². The first-order valence-electron chi connectivity index (χ1n) is 4.50. The van der Waals surface area contributed by atoms with Crippen molar-refractivity contribution in [1.82, 2.24) is 5.32 Å². The molecule has 0 saturated heterocycles. The number of halogens is 2. The lowest BCUT2D eigenvalue weighted by molar-refractivity contribution is 0.809. The second-order valence-electron chi connectivity index (χ2n) is 2.96. The molecule has 0 unspecified atom stereocenters. The molecule has 0 bridgehead atoms. The number of nitrogens with one attached hydrogen (secondary N) is 1. The first-order chi connectivity index (χ1) is 6.74. The zero-order valence-electron chi connectivity index (χ0n) is 8.06. The van der Waals surface area contributed by atoms with Gasteiger partial charge in [-0.2, -0.15) is 0 Å². The maximum absolute atomic E-state index is 3.51. The van der Waals surface area contributed by atoms with E-state index in [4.69, 9.17) is 0 Å². The summed E-state index contributed by atoms with van der Waals surface area (Å²) in [6.07, 6.45) is 5.35. The fourth-order valence-corrected chi connectivity index (χ4v) is 1.84. The van der Waals surface area contributed by atoms with Crippen LogP contribution in [0.15, 0.2) is 33.2 Å². The summed E-state index contributed by atoms with van der Waals surface area (Å²) in [5.74, 6) is 0. The Bertz CT molecular complexity index is 321. The molecule has 0 spiro atoms. The summed E-state index contributed by atoms with van der Waals surface area (Å²) in [7, 11) is 1.96. The predicted molar refractivity (Wildman–Crippen MR) is 69.4 cm³/mol. The minimum atomic E-state index is 1.02. The van der Waals surface area contributed by atoms with Crippen molar-refractivity contribution in [3.05, 3.63) is 38.8 Å². The summed E-state index contributed by atoms with van der Waals surface area (Å²) in [5.41, 5.74) is 1.20. The molecule has 0 atom stereocenters. The van der Waals surface area contributed by atoms with Crippen molar-refractivity contribution in [3.63, 3.8) is 0 Å². The molecule has 14 heavy (non-hydrogen) atoms. The molecule has 3 heteroatoms. The Balaban J connectivity index is 2.65. The van der Waals surface area contributed by atoms with Gasteiger partial charge < -0.3 is 5.32 Å². The van der Waals surface area contributed by atoms with Crippen LogP contribution >= 0.6 is 31.9 Å². The van der Waals surface area contributed by atoms with Gasteiger partial charge in [0, 0.05) is 8.95 Å². The van der Waals surface area contributed by atoms with E-state index in [0.29, 0.717) is 0 Å². The highest BCUT2D eigenvalue weighted by Crippen LogP contribution is 2.22. The third-order valence-corrected chi connectivity index (χ3v) is 3.03. The zero-order valence-corrected chi connectivity index (χ0v) is 11.2. The van der Waals surface area contributed by atoms with E-state index in [1.807, 2.05) is 19.2 Å². The summed E-state index contributed by atoms with van der Waals surface area (Å²) >= 11 is 6.96. The summed E-state index contributed by atoms with van der Waals surface area (Å²) in [6.45, 7) is 1.02. The van der Waals surface area contributed by atoms with Crippen LogP contribution < -0.4 is 5.32 Å². The molecule has 0 radical (unpaired) electrons. The Kier molecular flexibility index (Phi) is 5.45. The molecule has 0 fully saturated rings. The Hall–Kier alpha value is -0.120. The van der Waals surface area contributed by atoms with Crippen molar-refractivity contribution in [1.29, 1.82) is 0 Å². The van der Waals surface area contributed by atoms with Gasteiger partial charge in [-0.15, -0.1) is 0 Å². The van der Waals surface area contributed by atoms with Crippen LogP contribution in [0.25, 0.3) is 6.08 Å². The quantitative estimate of drug-likeness (QED) is 0.832. The van der Waals surface area contributed by atoms with Crippen molar-refractivity contribution < 1.29 is 0 Å². The number of rotatable bonds is 4. The van der Waals surface area contributed by atoms with E-state index in [2.05, 4.69) is 55.4 Å². The lowest BCUT2D eigenvalue weighted by Crippen LogP contribution is -2.05. The number of benzene rings is 1. The molecule has 0 aliphatic heterocycles. The highest BCUT2D eigenvalue weighted by atomic mass is 79.9. The van der Waals surface area contributed by atoms with Crippen LogP contribution in [-0.2, 0) is 0 Å². The molecule has 1 N–H and O–H groups in total. The van der Waals surface area contributed by atoms with Gasteiger partial charge in [-0.05, 0) is 43.8 Å². The second-order valence-corrected chi connectivity index (χ2v) is 4.73. The van der Waals surface area contributed by atoms with Crippen LogP contribution in [0.1, 0.15) is 12.0 Å². The first kappa shape index (κ1) is 12.0. The normalized spacial score (nSPS) is 11.1. The van der Waals surface area contributed by atoms with E-state index in [0.717, 1.165) is 21.9 Å². The van der Waals surface area contributed by atoms with E-state index in [-0.39, 0.29) is 0 Å². The van der Waals surface area contributed by atoms with Crippen molar-refractivity contribution in [3.8, 4) is 0 Å². The SMILES string of the molecule is CNCCC=Cc1cc(Br)ccc1Br. The third kappa shape index (κ3) is 3.95. The van der Waals surface area contributed by atoms with E-state index < -0.39 is 0 Å². The van der Waals surface area contributed by atoms with Gasteiger partial charge in [0.25, 0.3) is 0 Å². The lowest BCUT2D eigenvalue weighted by Gasteiger charge is -1.99. The summed E-state index contributed by atoms with van der Waals surface area (Å²) < 4.78 is 2.23. The summed E-state index contributed by atoms with van der Waals surface area (Å²) in [6, 6.07) is 6.16. The molecule has 0 heterocycles. The Morgan fingerprint density at radius 3 is 2.86 bits per heavy atom. The van der Waals surface area contributed by atoms with Gasteiger partial charge in [0.1, 0.15) is 0 Å². The standard InChI is InChI=1S/C11H13Br2N/c1-14-7-3-2-4-9-8-10(12)5-6-11(9)13/h2,4-6,8,14H,3,7H2,1H3. The minimum Gasteiger partial charge on any atom is -0.319 e. The second kappa shape index (κ2) is 6.38. The highest BCUT2D eigenvalue weighted by Gasteiger charge is 1.95. The van der Waals surface area contributed by atoms with E-state index in [9.17, 15) is 0 Å². The Morgan fingerprint density at radius 1 is 1.36 bits per heavy atom. The number of hydrogen-bond donors (Lipinski definition) is 1. The molecular weight excluding hydrogens is 306 g/mol. The van der Waals surface area contributed by atoms with Gasteiger partial charge in [0.15, 0.2) is 0 Å². The smallest absolute Gasteiger partial charge is 0.0248 e. The fourth-order valence-electron chi connectivity index (χ4n) is 1.08. The average molecular weight is 319 g/mol. The summed E-state index contributed by atoms with van der Waals surface area (Å²) in [4.78, 5) is 0. The zero-order chi connectivity index (χ0) is 10.4. The molecule has 0 aromatic heterocycles. The van der Waals surface area contributed by atoms with Crippen LogP contribution in [0.3, 0.4) is 0 Å².